The number of aromatic hydroxyl groups is 1. The minimum absolute atomic E-state index is 0.129. The number of aliphatic carboxylic acids is 1. The summed E-state index contributed by atoms with van der Waals surface area (Å²) in [5.41, 5.74) is 11.0. The molecular weight excluding hydrogens is 579 g/mol. The van der Waals surface area contributed by atoms with Gasteiger partial charge in [-0.3, -0.25) is 14.4 Å². The molecule has 3 aromatic rings. The average molecular weight is 619 g/mol. The molecule has 11 heteroatoms. The minimum Gasteiger partial charge on any atom is -0.508 e. The second kappa shape index (κ2) is 14.8. The Morgan fingerprint density at radius 2 is 1.64 bits per heavy atom. The fraction of sp³-hybridized carbons (Fsp3) is 0.353. The first kappa shape index (κ1) is 33.1. The second-order valence-electron chi connectivity index (χ2n) is 11.5. The Bertz CT molecular complexity index is 1540. The highest BCUT2D eigenvalue weighted by Gasteiger charge is 2.36. The Morgan fingerprint density at radius 3 is 2.29 bits per heavy atom. The zero-order chi connectivity index (χ0) is 32.7. The lowest BCUT2D eigenvalue weighted by Gasteiger charge is -2.37. The van der Waals surface area contributed by atoms with Crippen LogP contribution in [0.15, 0.2) is 60.7 Å². The van der Waals surface area contributed by atoms with Crippen molar-refractivity contribution < 1.29 is 33.8 Å². The molecule has 10 nitrogen and oxygen atoms in total. The van der Waals surface area contributed by atoms with E-state index in [0.717, 1.165) is 39.9 Å². The molecule has 0 aliphatic carbocycles. The van der Waals surface area contributed by atoms with Gasteiger partial charge in [0.25, 0.3) is 5.91 Å². The van der Waals surface area contributed by atoms with E-state index >= 15 is 0 Å². The number of nitrogens with two attached hydrogens (primary N) is 1. The van der Waals surface area contributed by atoms with Crippen molar-refractivity contribution in [1.29, 1.82) is 0 Å². The summed E-state index contributed by atoms with van der Waals surface area (Å²) in [4.78, 5) is 52.8. The summed E-state index contributed by atoms with van der Waals surface area (Å²) in [6.07, 6.45) is 1.55. The number of nitrogens with zero attached hydrogens (tertiary/aromatic N) is 1. The van der Waals surface area contributed by atoms with Crippen LogP contribution in [-0.4, -0.2) is 63.5 Å². The van der Waals surface area contributed by atoms with E-state index in [4.69, 9.17) is 5.73 Å². The van der Waals surface area contributed by atoms with E-state index in [0.29, 0.717) is 19.3 Å². The maximum atomic E-state index is 13.7. The summed E-state index contributed by atoms with van der Waals surface area (Å²) >= 11 is 0. The lowest BCUT2D eigenvalue weighted by Crippen LogP contribution is -2.56. The molecule has 1 aliphatic rings. The van der Waals surface area contributed by atoms with Gasteiger partial charge in [0.05, 0.1) is 6.04 Å². The number of nitrogens with one attached hydrogen (secondary N) is 2. The van der Waals surface area contributed by atoms with Gasteiger partial charge < -0.3 is 31.5 Å². The number of carbonyl (C=O) groups excluding carboxylic acids is 3. The molecule has 238 valence electrons. The average Bonchev–Trinajstić information content (AvgIpc) is 3.00. The van der Waals surface area contributed by atoms with E-state index < -0.39 is 35.8 Å². The van der Waals surface area contributed by atoms with Crippen molar-refractivity contribution in [3.63, 3.8) is 0 Å². The van der Waals surface area contributed by atoms with E-state index in [1.54, 1.807) is 12.1 Å². The van der Waals surface area contributed by atoms with Gasteiger partial charge >= 0.3 is 5.97 Å². The lowest BCUT2D eigenvalue weighted by atomic mass is 9.91. The van der Waals surface area contributed by atoms with Crippen LogP contribution in [0.2, 0.25) is 0 Å². The first-order chi connectivity index (χ1) is 21.4. The number of hydrogen-bond acceptors (Lipinski definition) is 6. The third kappa shape index (κ3) is 8.45. The van der Waals surface area contributed by atoms with E-state index in [-0.39, 0.29) is 49.1 Å². The number of benzene rings is 3. The molecule has 1 heterocycles. The third-order valence-corrected chi connectivity index (χ3v) is 8.18. The number of carbonyl (C=O) groups is 4. The van der Waals surface area contributed by atoms with Gasteiger partial charge in [0.1, 0.15) is 23.7 Å². The fourth-order valence-corrected chi connectivity index (χ4v) is 5.70. The molecule has 0 spiro atoms. The Hall–Kier alpha value is -4.77. The molecule has 1 aliphatic heterocycles. The number of halogens is 1. The molecule has 0 fully saturated rings. The van der Waals surface area contributed by atoms with Crippen LogP contribution in [0.5, 0.6) is 5.75 Å². The molecule has 3 aromatic carbocycles. The quantitative estimate of drug-likeness (QED) is 0.195. The molecule has 3 amide bonds. The van der Waals surface area contributed by atoms with Crippen LogP contribution in [0.3, 0.4) is 0 Å². The standard InChI is InChI=1S/C34H39FN4O6/c1-20-15-26(40)16-21(2)27(20)18-28(36)33(43)39-19-24-8-4-3-7-23(24)17-30(39)32(42)37-14-6-5-9-29(34(44)45)38-31(41)22-10-12-25(35)13-11-22/h3-4,7-8,10-13,15-16,28-30,40H,5-6,9,14,17-19,36H2,1-2H3,(H,37,42)(H,38,41)(H,44,45)/t28-,29-,30-/m0/s1. The number of carboxylic acid groups (broad SMARTS) is 1. The molecule has 0 saturated carbocycles. The molecule has 6 N–H and O–H groups in total. The number of amides is 3. The normalized spacial score (nSPS) is 15.5. The molecule has 0 aromatic heterocycles. The van der Waals surface area contributed by atoms with Gasteiger partial charge in [0.15, 0.2) is 0 Å². The maximum absolute atomic E-state index is 13.7. The van der Waals surface area contributed by atoms with Gasteiger partial charge in [-0.15, -0.1) is 0 Å². The Kier molecular flexibility index (Phi) is 10.9. The van der Waals surface area contributed by atoms with Gasteiger partial charge in [0, 0.05) is 25.1 Å². The van der Waals surface area contributed by atoms with Crippen molar-refractivity contribution in [1.82, 2.24) is 15.5 Å². The number of rotatable bonds is 12. The zero-order valence-electron chi connectivity index (χ0n) is 25.4. The van der Waals surface area contributed by atoms with Crippen LogP contribution in [0.1, 0.15) is 57.4 Å². The molecular formula is C34H39FN4O6. The molecule has 0 bridgehead atoms. The van der Waals surface area contributed by atoms with E-state index in [9.17, 15) is 33.8 Å². The van der Waals surface area contributed by atoms with E-state index in [1.165, 1.54) is 17.0 Å². The van der Waals surface area contributed by atoms with Crippen LogP contribution in [0.25, 0.3) is 0 Å². The van der Waals surface area contributed by atoms with Gasteiger partial charge in [0.2, 0.25) is 11.8 Å². The predicted molar refractivity (Wildman–Crippen MR) is 166 cm³/mol. The number of phenols is 1. The van der Waals surface area contributed by atoms with Crippen LogP contribution >= 0.6 is 0 Å². The van der Waals surface area contributed by atoms with E-state index in [2.05, 4.69) is 10.6 Å². The number of carboxylic acids is 1. The Morgan fingerprint density at radius 1 is 1.00 bits per heavy atom. The van der Waals surface area contributed by atoms with E-state index in [1.807, 2.05) is 38.1 Å². The lowest BCUT2D eigenvalue weighted by molar-refractivity contribution is -0.142. The molecule has 3 atom stereocenters. The topological polar surface area (TPSA) is 162 Å². The van der Waals surface area contributed by atoms with Crippen molar-refractivity contribution >= 4 is 23.7 Å². The summed E-state index contributed by atoms with van der Waals surface area (Å²) in [7, 11) is 0. The van der Waals surface area contributed by atoms with Gasteiger partial charge in [-0.05, 0) is 104 Å². The summed E-state index contributed by atoms with van der Waals surface area (Å²) in [6.45, 7) is 4.19. The van der Waals surface area contributed by atoms with Crippen molar-refractivity contribution in [2.45, 2.75) is 70.6 Å². The molecule has 45 heavy (non-hydrogen) atoms. The monoisotopic (exact) mass is 618 g/mol. The first-order valence-electron chi connectivity index (χ1n) is 14.9. The van der Waals surface area contributed by atoms with Crippen LogP contribution in [0, 0.1) is 19.7 Å². The smallest absolute Gasteiger partial charge is 0.326 e. The summed E-state index contributed by atoms with van der Waals surface area (Å²) in [6, 6.07) is 12.9. The summed E-state index contributed by atoms with van der Waals surface area (Å²) < 4.78 is 13.1. The van der Waals surface area contributed by atoms with Crippen molar-refractivity contribution in [2.24, 2.45) is 5.73 Å². The van der Waals surface area contributed by atoms with Gasteiger partial charge in [-0.1, -0.05) is 24.3 Å². The number of hydrogen-bond donors (Lipinski definition) is 5. The summed E-state index contributed by atoms with van der Waals surface area (Å²) in [5.74, 6) is -2.86. The second-order valence-corrected chi connectivity index (χ2v) is 11.5. The number of unbranched alkanes of at least 4 members (excludes halogenated alkanes) is 1. The zero-order valence-corrected chi connectivity index (χ0v) is 25.4. The molecule has 0 unspecified atom stereocenters. The van der Waals surface area contributed by atoms with Crippen molar-refractivity contribution in [2.75, 3.05) is 6.54 Å². The van der Waals surface area contributed by atoms with Crippen LogP contribution < -0.4 is 16.4 Å². The highest BCUT2D eigenvalue weighted by atomic mass is 19.1. The fourth-order valence-electron chi connectivity index (χ4n) is 5.70. The highest BCUT2D eigenvalue weighted by molar-refractivity contribution is 5.96. The minimum atomic E-state index is -1.20. The largest absolute Gasteiger partial charge is 0.508 e. The summed E-state index contributed by atoms with van der Waals surface area (Å²) in [5, 5.41) is 24.8. The number of phenolic OH excluding ortho intramolecular Hbond substituents is 1. The first-order valence-corrected chi connectivity index (χ1v) is 14.9. The number of aryl methyl sites for hydroxylation is 2. The highest BCUT2D eigenvalue weighted by Crippen LogP contribution is 2.26. The SMILES string of the molecule is Cc1cc(O)cc(C)c1C[C@H](N)C(=O)N1Cc2ccccc2C[C@H]1C(=O)NCCCC[C@H](NC(=O)c1ccc(F)cc1)C(=O)O. The Labute approximate surface area is 261 Å². The van der Waals surface area contributed by atoms with Crippen molar-refractivity contribution in [3.05, 3.63) is 99.9 Å². The van der Waals surface area contributed by atoms with Gasteiger partial charge in [-0.2, -0.15) is 0 Å². The van der Waals surface area contributed by atoms with Crippen molar-refractivity contribution in [3.8, 4) is 5.75 Å². The van der Waals surface area contributed by atoms with Crippen LogP contribution in [-0.2, 0) is 33.8 Å². The predicted octanol–water partition coefficient (Wildman–Crippen LogP) is 3.14. The molecule has 0 radical (unpaired) electrons. The molecule has 4 rings (SSSR count). The number of fused-ring (bicyclic) bond motifs is 1. The van der Waals surface area contributed by atoms with Crippen LogP contribution in [0.4, 0.5) is 4.39 Å². The Balaban J connectivity index is 1.35. The molecule has 0 saturated heterocycles. The van der Waals surface area contributed by atoms with Gasteiger partial charge in [-0.25, -0.2) is 9.18 Å². The maximum Gasteiger partial charge on any atom is 0.326 e. The third-order valence-electron chi connectivity index (χ3n) is 8.18.